The summed E-state index contributed by atoms with van der Waals surface area (Å²) in [7, 11) is 1.91. The van der Waals surface area contributed by atoms with Gasteiger partial charge in [-0.25, -0.2) is 0 Å². The first-order chi connectivity index (χ1) is 13.9. The Morgan fingerprint density at radius 1 is 1.17 bits per heavy atom. The van der Waals surface area contributed by atoms with Crippen LogP contribution in [0.5, 0.6) is 0 Å². The second-order valence-corrected chi connectivity index (χ2v) is 8.48. The normalized spacial score (nSPS) is 23.0. The molecule has 29 heavy (non-hydrogen) atoms. The molecule has 6 nitrogen and oxygen atoms in total. The van der Waals surface area contributed by atoms with Gasteiger partial charge in [0.2, 0.25) is 0 Å². The zero-order valence-electron chi connectivity index (χ0n) is 18.0. The third-order valence-corrected chi connectivity index (χ3v) is 6.24. The Kier molecular flexibility index (Phi) is 5.74. The molecule has 2 aliphatic rings. The second kappa shape index (κ2) is 8.28. The number of carbonyl (C=O) groups excluding carboxylic acids is 1. The molecule has 1 aromatic carbocycles. The summed E-state index contributed by atoms with van der Waals surface area (Å²) in [5.74, 6) is 0.0703. The third-order valence-electron chi connectivity index (χ3n) is 6.24. The lowest BCUT2D eigenvalue weighted by Gasteiger charge is -2.27. The van der Waals surface area contributed by atoms with E-state index in [0.29, 0.717) is 5.69 Å². The number of ether oxygens (including phenoxy) is 1. The summed E-state index contributed by atoms with van der Waals surface area (Å²) in [5, 5.41) is 4.61. The van der Waals surface area contributed by atoms with Crippen LogP contribution in [-0.2, 0) is 24.8 Å². The SMILES string of the molecule is Cc1ccccc1CN1CCCN(C(=O)c2nn(C)c3c2C[C@@H](C)O[C@H]3C)CC1. The van der Waals surface area contributed by atoms with Gasteiger partial charge in [0.1, 0.15) is 0 Å². The molecule has 0 radical (unpaired) electrons. The molecule has 0 N–H and O–H groups in total. The van der Waals surface area contributed by atoms with E-state index < -0.39 is 0 Å². The maximum atomic E-state index is 13.4. The molecule has 0 bridgehead atoms. The minimum absolute atomic E-state index is 0.0264. The van der Waals surface area contributed by atoms with Crippen LogP contribution in [-0.4, -0.2) is 57.8 Å². The van der Waals surface area contributed by atoms with Gasteiger partial charge >= 0.3 is 0 Å². The van der Waals surface area contributed by atoms with Crippen molar-refractivity contribution in [2.45, 2.75) is 52.4 Å². The second-order valence-electron chi connectivity index (χ2n) is 8.48. The Labute approximate surface area is 173 Å². The lowest BCUT2D eigenvalue weighted by Crippen LogP contribution is -2.36. The molecule has 0 saturated carbocycles. The molecule has 1 saturated heterocycles. The van der Waals surface area contributed by atoms with Crippen molar-refractivity contribution in [2.24, 2.45) is 7.05 Å². The smallest absolute Gasteiger partial charge is 0.274 e. The van der Waals surface area contributed by atoms with Crippen molar-refractivity contribution in [2.75, 3.05) is 26.2 Å². The molecule has 0 spiro atoms. The molecule has 3 heterocycles. The molecule has 6 heteroatoms. The van der Waals surface area contributed by atoms with Crippen LogP contribution in [0.1, 0.15) is 59.2 Å². The predicted octanol–water partition coefficient (Wildman–Crippen LogP) is 3.10. The molecule has 2 aromatic rings. The number of aromatic nitrogens is 2. The van der Waals surface area contributed by atoms with Gasteiger partial charge in [0.05, 0.1) is 17.9 Å². The largest absolute Gasteiger partial charge is 0.369 e. The predicted molar refractivity (Wildman–Crippen MR) is 113 cm³/mol. The molecule has 2 atom stereocenters. The average molecular weight is 397 g/mol. The van der Waals surface area contributed by atoms with Crippen LogP contribution in [0.15, 0.2) is 24.3 Å². The standard InChI is InChI=1S/C23H32N4O2/c1-16-8-5-6-9-19(16)15-26-10-7-11-27(13-12-26)23(28)21-20-14-17(2)29-18(3)22(20)25(4)24-21/h5-6,8-9,17-18H,7,10-15H2,1-4H3/t17-,18+/m1/s1. The van der Waals surface area contributed by atoms with Gasteiger partial charge in [-0.05, 0) is 38.3 Å². The fraction of sp³-hybridized carbons (Fsp3) is 0.565. The minimum atomic E-state index is -0.0264. The molecular weight excluding hydrogens is 364 g/mol. The molecular formula is C23H32N4O2. The van der Waals surface area contributed by atoms with E-state index in [9.17, 15) is 4.79 Å². The summed E-state index contributed by atoms with van der Waals surface area (Å²) < 4.78 is 7.77. The summed E-state index contributed by atoms with van der Waals surface area (Å²) in [5.41, 5.74) is 5.44. The average Bonchev–Trinajstić information content (AvgIpc) is 2.86. The highest BCUT2D eigenvalue weighted by atomic mass is 16.5. The van der Waals surface area contributed by atoms with Gasteiger partial charge in [0, 0.05) is 51.8 Å². The molecule has 4 rings (SSSR count). The number of aryl methyl sites for hydroxylation is 2. The van der Waals surface area contributed by atoms with Gasteiger partial charge in [-0.3, -0.25) is 14.4 Å². The zero-order chi connectivity index (χ0) is 20.5. The molecule has 156 valence electrons. The maximum absolute atomic E-state index is 13.4. The van der Waals surface area contributed by atoms with E-state index in [0.717, 1.165) is 56.8 Å². The Morgan fingerprint density at radius 2 is 1.97 bits per heavy atom. The van der Waals surface area contributed by atoms with Crippen LogP contribution in [0.4, 0.5) is 0 Å². The third kappa shape index (κ3) is 4.09. The van der Waals surface area contributed by atoms with Gasteiger partial charge in [-0.2, -0.15) is 5.10 Å². The van der Waals surface area contributed by atoms with Gasteiger partial charge < -0.3 is 9.64 Å². The summed E-state index contributed by atoms with van der Waals surface area (Å²) in [4.78, 5) is 17.8. The lowest BCUT2D eigenvalue weighted by atomic mass is 9.99. The zero-order valence-corrected chi connectivity index (χ0v) is 18.0. The maximum Gasteiger partial charge on any atom is 0.274 e. The highest BCUT2D eigenvalue weighted by molar-refractivity contribution is 5.94. The van der Waals surface area contributed by atoms with E-state index in [1.54, 1.807) is 0 Å². The van der Waals surface area contributed by atoms with Gasteiger partial charge in [0.25, 0.3) is 5.91 Å². The molecule has 1 fully saturated rings. The van der Waals surface area contributed by atoms with Crippen LogP contribution < -0.4 is 0 Å². The Bertz CT molecular complexity index is 891. The Morgan fingerprint density at radius 3 is 2.76 bits per heavy atom. The summed E-state index contributed by atoms with van der Waals surface area (Å²) in [6, 6.07) is 8.56. The van der Waals surface area contributed by atoms with Crippen LogP contribution >= 0.6 is 0 Å². The van der Waals surface area contributed by atoms with Crippen molar-refractivity contribution in [1.82, 2.24) is 19.6 Å². The molecule has 0 unspecified atom stereocenters. The minimum Gasteiger partial charge on any atom is -0.369 e. The van der Waals surface area contributed by atoms with E-state index >= 15 is 0 Å². The lowest BCUT2D eigenvalue weighted by molar-refractivity contribution is -0.00906. The van der Waals surface area contributed by atoms with Gasteiger partial charge in [0.15, 0.2) is 5.69 Å². The summed E-state index contributed by atoms with van der Waals surface area (Å²) >= 11 is 0. The van der Waals surface area contributed by atoms with Crippen LogP contribution in [0.3, 0.4) is 0 Å². The monoisotopic (exact) mass is 396 g/mol. The van der Waals surface area contributed by atoms with Crippen LogP contribution in [0.25, 0.3) is 0 Å². The van der Waals surface area contributed by atoms with E-state index in [4.69, 9.17) is 4.74 Å². The first-order valence-electron chi connectivity index (χ1n) is 10.7. The highest BCUT2D eigenvalue weighted by Gasteiger charge is 2.33. The Balaban J connectivity index is 1.47. The quantitative estimate of drug-likeness (QED) is 0.800. The van der Waals surface area contributed by atoms with E-state index in [1.807, 2.05) is 23.6 Å². The van der Waals surface area contributed by atoms with Crippen molar-refractivity contribution in [3.8, 4) is 0 Å². The number of hydrogen-bond acceptors (Lipinski definition) is 4. The molecule has 1 aromatic heterocycles. The van der Waals surface area contributed by atoms with Crippen LogP contribution in [0, 0.1) is 6.92 Å². The van der Waals surface area contributed by atoms with Crippen molar-refractivity contribution in [3.05, 3.63) is 52.3 Å². The van der Waals surface area contributed by atoms with Gasteiger partial charge in [-0.1, -0.05) is 24.3 Å². The first kappa shape index (κ1) is 20.1. The number of hydrogen-bond donors (Lipinski definition) is 0. The van der Waals surface area contributed by atoms with Crippen molar-refractivity contribution >= 4 is 5.91 Å². The topological polar surface area (TPSA) is 50.6 Å². The Hall–Kier alpha value is -2.18. The fourth-order valence-corrected chi connectivity index (χ4v) is 4.72. The fourth-order valence-electron chi connectivity index (χ4n) is 4.72. The van der Waals surface area contributed by atoms with E-state index in [2.05, 4.69) is 48.1 Å². The summed E-state index contributed by atoms with van der Waals surface area (Å²) in [6.07, 6.45) is 1.83. The summed E-state index contributed by atoms with van der Waals surface area (Å²) in [6.45, 7) is 10.7. The van der Waals surface area contributed by atoms with Crippen LogP contribution in [0.2, 0.25) is 0 Å². The number of carbonyl (C=O) groups is 1. The van der Waals surface area contributed by atoms with Crippen molar-refractivity contribution in [1.29, 1.82) is 0 Å². The van der Waals surface area contributed by atoms with E-state index in [-0.39, 0.29) is 18.1 Å². The highest BCUT2D eigenvalue weighted by Crippen LogP contribution is 2.32. The molecule has 2 aliphatic heterocycles. The number of rotatable bonds is 3. The van der Waals surface area contributed by atoms with Crippen molar-refractivity contribution in [3.63, 3.8) is 0 Å². The number of amides is 1. The molecule has 1 amide bonds. The first-order valence-corrected chi connectivity index (χ1v) is 10.7. The van der Waals surface area contributed by atoms with E-state index in [1.165, 1.54) is 11.1 Å². The van der Waals surface area contributed by atoms with Gasteiger partial charge in [-0.15, -0.1) is 0 Å². The van der Waals surface area contributed by atoms with Crippen molar-refractivity contribution < 1.29 is 9.53 Å². The molecule has 0 aliphatic carbocycles. The number of fused-ring (bicyclic) bond motifs is 1. The number of nitrogens with zero attached hydrogens (tertiary/aromatic N) is 4. The number of benzene rings is 1.